The number of primary sulfonamides is 1. The van der Waals surface area contributed by atoms with Gasteiger partial charge in [-0.1, -0.05) is 43.7 Å². The largest absolute Gasteiger partial charge is 0.493 e. The van der Waals surface area contributed by atoms with Crippen LogP contribution in [0.4, 0.5) is 0 Å². The lowest BCUT2D eigenvalue weighted by Crippen LogP contribution is -2.34. The Balaban J connectivity index is 1.71. The zero-order valence-corrected chi connectivity index (χ0v) is 24.1. The third-order valence-corrected chi connectivity index (χ3v) is 8.52. The molecule has 5 rings (SSSR count). The fourth-order valence-electron chi connectivity index (χ4n) is 5.82. The predicted octanol–water partition coefficient (Wildman–Crippen LogP) is 4.88. The molecule has 4 aromatic rings. The van der Waals surface area contributed by atoms with Gasteiger partial charge in [0.2, 0.25) is 10.0 Å². The van der Waals surface area contributed by atoms with E-state index in [9.17, 15) is 13.2 Å². The third-order valence-electron chi connectivity index (χ3n) is 7.56. The van der Waals surface area contributed by atoms with Crippen molar-refractivity contribution < 1.29 is 13.2 Å². The lowest BCUT2D eigenvalue weighted by Gasteiger charge is -2.37. The number of benzene rings is 2. The fourth-order valence-corrected chi connectivity index (χ4v) is 6.61. The van der Waals surface area contributed by atoms with E-state index in [1.165, 1.54) is 6.07 Å². The molecule has 3 heterocycles. The van der Waals surface area contributed by atoms with Crippen molar-refractivity contribution in [1.82, 2.24) is 19.4 Å². The van der Waals surface area contributed by atoms with Crippen LogP contribution in [0.5, 0.6) is 5.75 Å². The molecule has 1 aliphatic heterocycles. The molecule has 1 fully saturated rings. The molecule has 40 heavy (non-hydrogen) atoms. The fraction of sp³-hybridized carbons (Fsp3) is 0.400. The lowest BCUT2D eigenvalue weighted by molar-refractivity contribution is 0.138. The third kappa shape index (κ3) is 5.56. The van der Waals surface area contributed by atoms with Gasteiger partial charge in [-0.3, -0.25) is 9.69 Å². The maximum Gasteiger partial charge on any atom is 0.260 e. The van der Waals surface area contributed by atoms with Crippen molar-refractivity contribution in [3.63, 3.8) is 0 Å². The summed E-state index contributed by atoms with van der Waals surface area (Å²) in [7, 11) is -4.08. The zero-order valence-electron chi connectivity index (χ0n) is 23.3. The van der Waals surface area contributed by atoms with Gasteiger partial charge in [0.15, 0.2) is 0 Å². The van der Waals surface area contributed by atoms with Crippen molar-refractivity contribution in [3.8, 4) is 17.1 Å². The second kappa shape index (κ2) is 11.6. The van der Waals surface area contributed by atoms with Crippen molar-refractivity contribution in [2.75, 3.05) is 13.2 Å². The molecular weight excluding hydrogens is 526 g/mol. The number of aromatic amines is 1. The van der Waals surface area contributed by atoms with Crippen LogP contribution in [0.2, 0.25) is 0 Å². The van der Waals surface area contributed by atoms with E-state index in [2.05, 4.69) is 28.9 Å². The van der Waals surface area contributed by atoms with E-state index in [1.807, 2.05) is 48.9 Å². The molecule has 1 atom stereocenters. The maximum atomic E-state index is 13.3. The van der Waals surface area contributed by atoms with Crippen LogP contribution in [0, 0.1) is 6.92 Å². The second-order valence-corrected chi connectivity index (χ2v) is 12.0. The maximum absolute atomic E-state index is 13.3. The van der Waals surface area contributed by atoms with Crippen molar-refractivity contribution >= 4 is 21.1 Å². The van der Waals surface area contributed by atoms with E-state index in [4.69, 9.17) is 14.9 Å². The topological polar surface area (TPSA) is 123 Å². The monoisotopic (exact) mass is 563 g/mol. The quantitative estimate of drug-likeness (QED) is 0.299. The van der Waals surface area contributed by atoms with Crippen LogP contribution in [0.3, 0.4) is 0 Å². The summed E-state index contributed by atoms with van der Waals surface area (Å²) in [4.78, 5) is 23.5. The molecule has 212 valence electrons. The standard InChI is InChI=1S/C30H37N5O4S/c1-4-14-35-18-20(3)27-29(35)32-28(33-30(27)36)23-16-22(26(40(31,37)38)17-25(23)39-5-2)24-13-9-10-15-34(24)19-21-11-7-6-8-12-21/h6-8,11-12,16-18,24H,4-5,9-10,13-15,19H2,1-3H3,(H2,31,37,38)(H,32,33,36). The number of rotatable bonds is 9. The van der Waals surface area contributed by atoms with E-state index in [0.717, 1.165) is 49.9 Å². The first kappa shape index (κ1) is 28.1. The molecule has 2 aromatic heterocycles. The van der Waals surface area contributed by atoms with Gasteiger partial charge in [-0.2, -0.15) is 0 Å². The van der Waals surface area contributed by atoms with Crippen LogP contribution in [-0.4, -0.2) is 41.0 Å². The molecule has 0 radical (unpaired) electrons. The van der Waals surface area contributed by atoms with E-state index in [0.29, 0.717) is 46.9 Å². The Bertz CT molecular complexity index is 1680. The van der Waals surface area contributed by atoms with Crippen LogP contribution >= 0.6 is 0 Å². The predicted molar refractivity (Wildman–Crippen MR) is 157 cm³/mol. The van der Waals surface area contributed by atoms with Gasteiger partial charge in [-0.15, -0.1) is 0 Å². The molecule has 1 aliphatic rings. The smallest absolute Gasteiger partial charge is 0.260 e. The number of hydrogen-bond acceptors (Lipinski definition) is 6. The zero-order chi connectivity index (χ0) is 28.4. The first-order chi connectivity index (χ1) is 19.2. The molecule has 1 unspecified atom stereocenters. The molecular formula is C30H37N5O4S. The number of hydrogen-bond donors (Lipinski definition) is 2. The molecule has 9 nitrogen and oxygen atoms in total. The second-order valence-electron chi connectivity index (χ2n) is 10.5. The van der Waals surface area contributed by atoms with Gasteiger partial charge in [-0.25, -0.2) is 18.5 Å². The van der Waals surface area contributed by atoms with Crippen LogP contribution in [0.1, 0.15) is 62.3 Å². The number of ether oxygens (including phenoxy) is 1. The van der Waals surface area contributed by atoms with Gasteiger partial charge in [-0.05, 0) is 62.4 Å². The molecule has 1 saturated heterocycles. The Morgan fingerprint density at radius 1 is 1.15 bits per heavy atom. The highest BCUT2D eigenvalue weighted by Crippen LogP contribution is 2.41. The lowest BCUT2D eigenvalue weighted by atomic mass is 9.93. The van der Waals surface area contributed by atoms with Crippen molar-refractivity contribution in [3.05, 3.63) is 75.7 Å². The number of nitrogens with two attached hydrogens (primary N) is 1. The van der Waals surface area contributed by atoms with E-state index in [1.54, 1.807) is 0 Å². The molecule has 0 amide bonds. The van der Waals surface area contributed by atoms with Gasteiger partial charge < -0.3 is 14.3 Å². The molecule has 0 spiro atoms. The summed E-state index contributed by atoms with van der Waals surface area (Å²) in [6.45, 7) is 8.35. The summed E-state index contributed by atoms with van der Waals surface area (Å²) >= 11 is 0. The Labute approximate surface area is 235 Å². The highest BCUT2D eigenvalue weighted by Gasteiger charge is 2.31. The summed E-state index contributed by atoms with van der Waals surface area (Å²) in [6, 6.07) is 13.3. The van der Waals surface area contributed by atoms with Gasteiger partial charge >= 0.3 is 0 Å². The number of nitrogens with one attached hydrogen (secondary N) is 1. The van der Waals surface area contributed by atoms with Crippen LogP contribution in [0.25, 0.3) is 22.4 Å². The Morgan fingerprint density at radius 2 is 1.93 bits per heavy atom. The molecule has 0 saturated carbocycles. The van der Waals surface area contributed by atoms with Gasteiger partial charge in [0.25, 0.3) is 5.56 Å². The highest BCUT2D eigenvalue weighted by atomic mass is 32.2. The summed E-state index contributed by atoms with van der Waals surface area (Å²) < 4.78 is 33.8. The minimum atomic E-state index is -4.08. The number of aryl methyl sites for hydroxylation is 2. The number of nitrogens with zero attached hydrogens (tertiary/aromatic N) is 3. The van der Waals surface area contributed by atoms with Crippen LogP contribution < -0.4 is 15.4 Å². The van der Waals surface area contributed by atoms with Crippen LogP contribution in [-0.2, 0) is 23.1 Å². The Kier molecular flexibility index (Phi) is 8.11. The number of piperidine rings is 1. The first-order valence-electron chi connectivity index (χ1n) is 13.9. The van der Waals surface area contributed by atoms with E-state index < -0.39 is 10.0 Å². The first-order valence-corrected chi connectivity index (χ1v) is 15.5. The highest BCUT2D eigenvalue weighted by molar-refractivity contribution is 7.89. The number of fused-ring (bicyclic) bond motifs is 1. The van der Waals surface area contributed by atoms with E-state index >= 15 is 0 Å². The summed E-state index contributed by atoms with van der Waals surface area (Å²) in [5, 5.41) is 6.35. The SMILES string of the molecule is CCCn1cc(C)c2c(=O)[nH]c(-c3cc(C4CCCCN4Cc4ccccc4)c(S(N)(=O)=O)cc3OCC)nc21. The van der Waals surface area contributed by atoms with Crippen molar-refractivity contribution in [2.45, 2.75) is 70.5 Å². The molecule has 0 aliphatic carbocycles. The molecule has 0 bridgehead atoms. The summed E-state index contributed by atoms with van der Waals surface area (Å²) in [6.07, 6.45) is 5.61. The Hall–Kier alpha value is -3.47. The van der Waals surface area contributed by atoms with Crippen molar-refractivity contribution in [2.24, 2.45) is 5.14 Å². The summed E-state index contributed by atoms with van der Waals surface area (Å²) in [5.41, 5.74) is 3.50. The number of sulfonamides is 1. The molecule has 2 aromatic carbocycles. The number of aromatic nitrogens is 3. The van der Waals surface area contributed by atoms with Gasteiger partial charge in [0, 0.05) is 31.4 Å². The van der Waals surface area contributed by atoms with E-state index in [-0.39, 0.29) is 16.5 Å². The number of H-pyrrole nitrogens is 1. The Morgan fingerprint density at radius 3 is 2.62 bits per heavy atom. The average molecular weight is 564 g/mol. The van der Waals surface area contributed by atoms with Crippen LogP contribution in [0.15, 0.2) is 58.4 Å². The molecule has 10 heteroatoms. The minimum absolute atomic E-state index is 0.0401. The van der Waals surface area contributed by atoms with Gasteiger partial charge in [0.05, 0.1) is 22.5 Å². The normalized spacial score (nSPS) is 16.4. The minimum Gasteiger partial charge on any atom is -0.493 e. The average Bonchev–Trinajstić information content (AvgIpc) is 3.24. The number of likely N-dealkylation sites (tertiary alicyclic amines) is 1. The van der Waals surface area contributed by atoms with Gasteiger partial charge in [0.1, 0.15) is 17.2 Å². The summed E-state index contributed by atoms with van der Waals surface area (Å²) in [5.74, 6) is 0.651. The van der Waals surface area contributed by atoms with Crippen molar-refractivity contribution in [1.29, 1.82) is 0 Å². The molecule has 3 N–H and O–H groups in total.